The number of imidazole rings is 1. The van der Waals surface area contributed by atoms with Crippen LogP contribution in [0.4, 0.5) is 0 Å². The van der Waals surface area contributed by atoms with Crippen molar-refractivity contribution in [1.82, 2.24) is 4.73 Å². The predicted molar refractivity (Wildman–Crippen MR) is 43.5 cm³/mol. The van der Waals surface area contributed by atoms with E-state index in [9.17, 15) is 10.4 Å². The molecule has 76 valence electrons. The molecular formula is C7H8N2O5. The van der Waals surface area contributed by atoms with Crippen LogP contribution in [-0.4, -0.2) is 24.2 Å². The highest BCUT2D eigenvalue weighted by Crippen LogP contribution is 2.25. The average Bonchev–Trinajstić information content (AvgIpc) is 2.69. The number of ether oxygens (including phenoxy) is 2. The molecule has 0 saturated carbocycles. The van der Waals surface area contributed by atoms with Crippen LogP contribution in [0.25, 0.3) is 11.2 Å². The van der Waals surface area contributed by atoms with Crippen molar-refractivity contribution in [2.75, 3.05) is 14.2 Å². The van der Waals surface area contributed by atoms with Crippen LogP contribution in [0.5, 0.6) is 12.0 Å². The van der Waals surface area contributed by atoms with Crippen molar-refractivity contribution >= 4 is 11.2 Å². The minimum Gasteiger partial charge on any atom is -0.705 e. The molecule has 14 heavy (non-hydrogen) atoms. The molecule has 0 amide bonds. The summed E-state index contributed by atoms with van der Waals surface area (Å²) in [6.07, 6.45) is 0. The Morgan fingerprint density at radius 2 is 2.21 bits per heavy atom. The monoisotopic (exact) mass is 200 g/mol. The van der Waals surface area contributed by atoms with Gasteiger partial charge in [-0.3, -0.25) is 0 Å². The van der Waals surface area contributed by atoms with Crippen LogP contribution in [-0.2, 0) is 0 Å². The number of hydrogen-bond donors (Lipinski definition) is 1. The first-order valence-electron chi connectivity index (χ1n) is 3.74. The van der Waals surface area contributed by atoms with Gasteiger partial charge in [-0.15, -0.1) is 0 Å². The Labute approximate surface area is 78.2 Å². The third-order valence-corrected chi connectivity index (χ3v) is 1.82. The van der Waals surface area contributed by atoms with Crippen LogP contribution in [0.2, 0.25) is 0 Å². The molecule has 2 heterocycles. The highest BCUT2D eigenvalue weighted by Gasteiger charge is 2.27. The highest BCUT2D eigenvalue weighted by molar-refractivity contribution is 5.68. The number of furan rings is 1. The molecule has 7 heteroatoms. The van der Waals surface area contributed by atoms with Crippen molar-refractivity contribution in [3.63, 3.8) is 0 Å². The van der Waals surface area contributed by atoms with Crippen molar-refractivity contribution in [3.05, 3.63) is 11.3 Å². The molecule has 0 unspecified atom stereocenters. The zero-order valence-electron chi connectivity index (χ0n) is 7.55. The Kier molecular flexibility index (Phi) is 1.66. The molecule has 0 aliphatic rings. The molecule has 0 fully saturated rings. The van der Waals surface area contributed by atoms with Crippen LogP contribution in [0, 0.1) is 5.21 Å². The lowest BCUT2D eigenvalue weighted by atomic mass is 10.6. The maximum Gasteiger partial charge on any atom is 0.502 e. The van der Waals surface area contributed by atoms with Gasteiger partial charge in [0.15, 0.2) is 0 Å². The Hall–Kier alpha value is -2.05. The summed E-state index contributed by atoms with van der Waals surface area (Å²) in [4.78, 5) is 0. The third kappa shape index (κ3) is 0.889. The topological polar surface area (TPSA) is 83.7 Å². The van der Waals surface area contributed by atoms with Gasteiger partial charge in [-0.2, -0.15) is 4.73 Å². The van der Waals surface area contributed by atoms with E-state index in [1.165, 1.54) is 20.3 Å². The van der Waals surface area contributed by atoms with Crippen LogP contribution < -0.4 is 14.2 Å². The number of aromatic nitrogens is 2. The highest BCUT2D eigenvalue weighted by atomic mass is 16.6. The van der Waals surface area contributed by atoms with Crippen LogP contribution in [0.1, 0.15) is 0 Å². The van der Waals surface area contributed by atoms with Gasteiger partial charge >= 0.3 is 11.7 Å². The summed E-state index contributed by atoms with van der Waals surface area (Å²) in [6.45, 7) is 0. The van der Waals surface area contributed by atoms with E-state index in [0.29, 0.717) is 9.46 Å². The van der Waals surface area contributed by atoms with E-state index in [1.54, 1.807) is 0 Å². The lowest BCUT2D eigenvalue weighted by Gasteiger charge is -1.98. The number of hydrogen-bond acceptors (Lipinski definition) is 5. The molecule has 0 bridgehead atoms. The van der Waals surface area contributed by atoms with Gasteiger partial charge in [0.05, 0.1) is 20.3 Å². The van der Waals surface area contributed by atoms with Gasteiger partial charge in [-0.25, -0.2) is 0 Å². The van der Waals surface area contributed by atoms with E-state index in [4.69, 9.17) is 9.15 Å². The number of fused-ring (bicyclic) bond motifs is 1. The molecule has 2 aromatic heterocycles. The second kappa shape index (κ2) is 2.72. The minimum atomic E-state index is -0.263. The molecule has 0 atom stereocenters. The predicted octanol–water partition coefficient (Wildman–Crippen LogP) is 0.122. The van der Waals surface area contributed by atoms with E-state index >= 15 is 0 Å². The first-order valence-corrected chi connectivity index (χ1v) is 3.74. The standard InChI is InChI=1S/C7H8N2O5/c1-12-5-3-4-6(14-5)9(11)7(13-2)8(4)10/h3,10H,1-2H3. The molecule has 0 radical (unpaired) electrons. The van der Waals surface area contributed by atoms with Gasteiger partial charge in [0, 0.05) is 0 Å². The summed E-state index contributed by atoms with van der Waals surface area (Å²) in [5.74, 6) is 0.144. The van der Waals surface area contributed by atoms with E-state index in [0.717, 1.165) is 0 Å². The Morgan fingerprint density at radius 1 is 1.50 bits per heavy atom. The summed E-state index contributed by atoms with van der Waals surface area (Å²) in [5, 5.41) is 20.8. The van der Waals surface area contributed by atoms with E-state index < -0.39 is 0 Å². The molecule has 0 aliphatic heterocycles. The first-order chi connectivity index (χ1) is 6.69. The third-order valence-electron chi connectivity index (χ3n) is 1.82. The lowest BCUT2D eigenvalue weighted by molar-refractivity contribution is -0.594. The second-order valence-electron chi connectivity index (χ2n) is 2.55. The fourth-order valence-electron chi connectivity index (χ4n) is 1.19. The normalized spacial score (nSPS) is 10.7. The maximum atomic E-state index is 11.4. The summed E-state index contributed by atoms with van der Waals surface area (Å²) >= 11 is 0. The van der Waals surface area contributed by atoms with Crippen molar-refractivity contribution < 1.29 is 23.8 Å². The summed E-state index contributed by atoms with van der Waals surface area (Å²) < 4.78 is 15.3. The summed E-state index contributed by atoms with van der Waals surface area (Å²) in [7, 11) is 2.67. The van der Waals surface area contributed by atoms with Crippen molar-refractivity contribution in [1.29, 1.82) is 0 Å². The molecule has 2 rings (SSSR count). The van der Waals surface area contributed by atoms with Crippen LogP contribution in [0.15, 0.2) is 10.5 Å². The zero-order chi connectivity index (χ0) is 10.3. The van der Waals surface area contributed by atoms with Gasteiger partial charge in [0.2, 0.25) is 0 Å². The number of methoxy groups -OCH3 is 2. The fourth-order valence-corrected chi connectivity index (χ4v) is 1.19. The minimum absolute atomic E-state index is 0.0683. The van der Waals surface area contributed by atoms with Crippen molar-refractivity contribution in [2.45, 2.75) is 0 Å². The molecule has 2 aromatic rings. The SMILES string of the molecule is COc1cc2c(o1)[n+]([O-])c(OC)n2O. The van der Waals surface area contributed by atoms with Gasteiger partial charge in [0.25, 0.3) is 11.5 Å². The zero-order valence-corrected chi connectivity index (χ0v) is 7.55. The largest absolute Gasteiger partial charge is 0.705 e. The van der Waals surface area contributed by atoms with Crippen LogP contribution >= 0.6 is 0 Å². The quantitative estimate of drug-likeness (QED) is 0.423. The maximum absolute atomic E-state index is 11.4. The lowest BCUT2D eigenvalue weighted by Crippen LogP contribution is -2.27. The summed E-state index contributed by atoms with van der Waals surface area (Å²) in [5.41, 5.74) is 0.120. The molecular weight excluding hydrogens is 192 g/mol. The van der Waals surface area contributed by atoms with E-state index in [2.05, 4.69) is 4.74 Å². The Balaban J connectivity index is 2.74. The first kappa shape index (κ1) is 8.54. The molecule has 0 saturated heterocycles. The average molecular weight is 200 g/mol. The molecule has 1 N–H and O–H groups in total. The molecule has 7 nitrogen and oxygen atoms in total. The van der Waals surface area contributed by atoms with Crippen LogP contribution in [0.3, 0.4) is 0 Å². The Morgan fingerprint density at radius 3 is 2.71 bits per heavy atom. The number of nitrogens with zero attached hydrogens (tertiary/aromatic N) is 2. The van der Waals surface area contributed by atoms with Crippen molar-refractivity contribution in [2.24, 2.45) is 0 Å². The molecule has 0 aromatic carbocycles. The van der Waals surface area contributed by atoms with Gasteiger partial charge in [-0.1, -0.05) is 0 Å². The fraction of sp³-hybridized carbons (Fsp3) is 0.286. The summed E-state index contributed by atoms with van der Waals surface area (Å²) in [6, 6.07) is 1.12. The van der Waals surface area contributed by atoms with Gasteiger partial charge < -0.3 is 24.3 Å². The van der Waals surface area contributed by atoms with E-state index in [-0.39, 0.29) is 23.2 Å². The van der Waals surface area contributed by atoms with Gasteiger partial charge in [0.1, 0.15) is 0 Å². The molecule has 0 aliphatic carbocycles. The van der Waals surface area contributed by atoms with E-state index in [1.807, 2.05) is 0 Å². The Bertz CT molecular complexity index is 434. The molecule has 0 spiro atoms. The number of rotatable bonds is 2. The smallest absolute Gasteiger partial charge is 0.502 e. The van der Waals surface area contributed by atoms with Gasteiger partial charge in [-0.05, 0) is 4.73 Å². The van der Waals surface area contributed by atoms with Crippen molar-refractivity contribution in [3.8, 4) is 12.0 Å². The second-order valence-corrected chi connectivity index (χ2v) is 2.55.